The Bertz CT molecular complexity index is 726. The van der Waals surface area contributed by atoms with Gasteiger partial charge in [-0.05, 0) is 39.0 Å². The van der Waals surface area contributed by atoms with Crippen LogP contribution in [0.2, 0.25) is 0 Å². The molecule has 0 spiro atoms. The molecule has 0 aromatic carbocycles. The predicted molar refractivity (Wildman–Crippen MR) is 104 cm³/mol. The number of aromatic nitrogens is 2. The molecule has 2 amide bonds. The molecule has 2 saturated heterocycles. The van der Waals surface area contributed by atoms with E-state index >= 15 is 0 Å². The van der Waals surface area contributed by atoms with Gasteiger partial charge in [-0.25, -0.2) is 9.97 Å². The quantitative estimate of drug-likeness (QED) is 0.798. The van der Waals surface area contributed by atoms with Crippen molar-refractivity contribution in [2.24, 2.45) is 5.92 Å². The van der Waals surface area contributed by atoms with Crippen LogP contribution in [0.3, 0.4) is 0 Å². The average molecular weight is 386 g/mol. The molecule has 1 saturated carbocycles. The lowest BCUT2D eigenvalue weighted by molar-refractivity contribution is -0.139. The molecule has 4 rings (SSSR count). The van der Waals surface area contributed by atoms with Crippen molar-refractivity contribution in [1.82, 2.24) is 19.8 Å². The van der Waals surface area contributed by atoms with Crippen LogP contribution in [0.4, 0.5) is 0 Å². The summed E-state index contributed by atoms with van der Waals surface area (Å²) < 4.78 is 5.33. The molecule has 7 heteroatoms. The highest BCUT2D eigenvalue weighted by Crippen LogP contribution is 2.34. The molecule has 0 N–H and O–H groups in total. The first-order valence-corrected chi connectivity index (χ1v) is 10.7. The molecule has 0 unspecified atom stereocenters. The van der Waals surface area contributed by atoms with E-state index in [9.17, 15) is 9.59 Å². The summed E-state index contributed by atoms with van der Waals surface area (Å²) in [5.41, 5.74) is 1.25. The molecule has 28 heavy (non-hydrogen) atoms. The lowest BCUT2D eigenvalue weighted by Crippen LogP contribution is -2.42. The zero-order valence-corrected chi connectivity index (χ0v) is 16.7. The second-order valence-electron chi connectivity index (χ2n) is 8.16. The number of piperidine rings is 1. The van der Waals surface area contributed by atoms with Crippen molar-refractivity contribution in [2.75, 3.05) is 32.8 Å². The molecule has 0 radical (unpaired) electrons. The average Bonchev–Trinajstić information content (AvgIpc) is 3.28. The third-order valence-corrected chi connectivity index (χ3v) is 6.32. The van der Waals surface area contributed by atoms with Gasteiger partial charge in [-0.1, -0.05) is 12.8 Å². The van der Waals surface area contributed by atoms with Crippen molar-refractivity contribution in [3.63, 3.8) is 0 Å². The highest BCUT2D eigenvalue weighted by molar-refractivity contribution is 5.95. The summed E-state index contributed by atoms with van der Waals surface area (Å²) in [4.78, 5) is 38.9. The minimum Gasteiger partial charge on any atom is -0.378 e. The van der Waals surface area contributed by atoms with E-state index in [2.05, 4.69) is 9.97 Å². The molecule has 3 heterocycles. The Hall–Kier alpha value is -2.02. The van der Waals surface area contributed by atoms with Crippen LogP contribution in [0.1, 0.15) is 72.9 Å². The number of ether oxygens (including phenoxy) is 1. The Labute approximate surface area is 166 Å². The monoisotopic (exact) mass is 386 g/mol. The number of carbonyl (C=O) groups excluding carboxylic acids is 2. The van der Waals surface area contributed by atoms with E-state index in [1.807, 2.05) is 11.8 Å². The highest BCUT2D eigenvalue weighted by Gasteiger charge is 2.35. The zero-order valence-electron chi connectivity index (χ0n) is 16.7. The molecule has 1 aliphatic carbocycles. The van der Waals surface area contributed by atoms with Crippen LogP contribution in [0.25, 0.3) is 0 Å². The molecule has 3 fully saturated rings. The SMILES string of the molecule is Cc1nc([C@@H]2CCCCN2C(=O)C2CCCC2)ncc1C(=O)N1CCOCC1. The van der Waals surface area contributed by atoms with Crippen molar-refractivity contribution in [3.8, 4) is 0 Å². The molecule has 0 bridgehead atoms. The van der Waals surface area contributed by atoms with Gasteiger partial charge < -0.3 is 14.5 Å². The molecule has 1 aromatic heterocycles. The molecular formula is C21H30N4O3. The fourth-order valence-electron chi connectivity index (χ4n) is 4.66. The lowest BCUT2D eigenvalue weighted by atomic mass is 9.97. The van der Waals surface area contributed by atoms with Gasteiger partial charge in [-0.15, -0.1) is 0 Å². The third-order valence-electron chi connectivity index (χ3n) is 6.32. The number of carbonyl (C=O) groups is 2. The van der Waals surface area contributed by atoms with E-state index in [0.29, 0.717) is 43.4 Å². The van der Waals surface area contributed by atoms with Gasteiger partial charge in [0.05, 0.1) is 30.5 Å². The first kappa shape index (κ1) is 19.3. The first-order valence-electron chi connectivity index (χ1n) is 10.7. The number of amides is 2. The molecule has 3 aliphatic rings. The van der Waals surface area contributed by atoms with Crippen LogP contribution in [-0.4, -0.2) is 64.4 Å². The van der Waals surface area contributed by atoms with Crippen molar-refractivity contribution >= 4 is 11.8 Å². The van der Waals surface area contributed by atoms with Gasteiger partial charge in [0.2, 0.25) is 5.91 Å². The number of hydrogen-bond donors (Lipinski definition) is 0. The maximum Gasteiger partial charge on any atom is 0.257 e. The van der Waals surface area contributed by atoms with Gasteiger partial charge in [0.15, 0.2) is 5.82 Å². The van der Waals surface area contributed by atoms with Gasteiger partial charge >= 0.3 is 0 Å². The van der Waals surface area contributed by atoms with E-state index in [1.54, 1.807) is 11.1 Å². The van der Waals surface area contributed by atoms with Gasteiger partial charge in [0, 0.05) is 31.7 Å². The summed E-state index contributed by atoms with van der Waals surface area (Å²) in [5, 5.41) is 0. The molecule has 7 nitrogen and oxygen atoms in total. The second kappa shape index (κ2) is 8.55. The molecule has 1 aromatic rings. The van der Waals surface area contributed by atoms with Gasteiger partial charge in [-0.2, -0.15) is 0 Å². The first-order chi connectivity index (χ1) is 13.6. The molecule has 152 valence electrons. The maximum absolute atomic E-state index is 13.0. The van der Waals surface area contributed by atoms with E-state index < -0.39 is 0 Å². The Morgan fingerprint density at radius 2 is 1.75 bits per heavy atom. The topological polar surface area (TPSA) is 75.6 Å². The number of rotatable bonds is 3. The number of hydrogen-bond acceptors (Lipinski definition) is 5. The summed E-state index contributed by atoms with van der Waals surface area (Å²) >= 11 is 0. The third kappa shape index (κ3) is 3.90. The fourth-order valence-corrected chi connectivity index (χ4v) is 4.66. The van der Waals surface area contributed by atoms with E-state index in [-0.39, 0.29) is 23.8 Å². The van der Waals surface area contributed by atoms with Crippen molar-refractivity contribution in [3.05, 3.63) is 23.3 Å². The van der Waals surface area contributed by atoms with Crippen LogP contribution in [0.5, 0.6) is 0 Å². The van der Waals surface area contributed by atoms with Crippen LogP contribution in [0, 0.1) is 12.8 Å². The van der Waals surface area contributed by atoms with Crippen LogP contribution >= 0.6 is 0 Å². The second-order valence-corrected chi connectivity index (χ2v) is 8.16. The van der Waals surface area contributed by atoms with Gasteiger partial charge in [0.1, 0.15) is 0 Å². The Morgan fingerprint density at radius 3 is 2.46 bits per heavy atom. The number of likely N-dealkylation sites (tertiary alicyclic amines) is 1. The molecular weight excluding hydrogens is 356 g/mol. The summed E-state index contributed by atoms with van der Waals surface area (Å²) in [5.74, 6) is 1.10. The number of nitrogens with zero attached hydrogens (tertiary/aromatic N) is 4. The van der Waals surface area contributed by atoms with Crippen LogP contribution in [0.15, 0.2) is 6.20 Å². The number of morpholine rings is 1. The summed E-state index contributed by atoms with van der Waals surface area (Å²) in [7, 11) is 0. The van der Waals surface area contributed by atoms with Crippen molar-refractivity contribution < 1.29 is 14.3 Å². The summed E-state index contributed by atoms with van der Waals surface area (Å²) in [6.07, 6.45) is 9.00. The molecule has 2 aliphatic heterocycles. The smallest absolute Gasteiger partial charge is 0.257 e. The predicted octanol–water partition coefficient (Wildman–Crippen LogP) is 2.50. The fraction of sp³-hybridized carbons (Fsp3) is 0.714. The van der Waals surface area contributed by atoms with Crippen molar-refractivity contribution in [1.29, 1.82) is 0 Å². The van der Waals surface area contributed by atoms with Crippen LogP contribution in [-0.2, 0) is 9.53 Å². The van der Waals surface area contributed by atoms with Crippen LogP contribution < -0.4 is 0 Å². The Balaban J connectivity index is 1.53. The summed E-state index contributed by atoms with van der Waals surface area (Å²) in [6, 6.07) is -0.0620. The molecule has 1 atom stereocenters. The van der Waals surface area contributed by atoms with E-state index in [0.717, 1.165) is 51.5 Å². The normalized spacial score (nSPS) is 23.8. The standard InChI is InChI=1S/C21H30N4O3/c1-15-17(21(27)24-10-12-28-13-11-24)14-22-19(23-15)18-8-4-5-9-25(18)20(26)16-6-2-3-7-16/h14,16,18H,2-13H2,1H3/t18-/m0/s1. The Morgan fingerprint density at radius 1 is 1.04 bits per heavy atom. The number of aryl methyl sites for hydroxylation is 1. The zero-order chi connectivity index (χ0) is 19.5. The largest absolute Gasteiger partial charge is 0.378 e. The van der Waals surface area contributed by atoms with Gasteiger partial charge in [-0.3, -0.25) is 9.59 Å². The van der Waals surface area contributed by atoms with Gasteiger partial charge in [0.25, 0.3) is 5.91 Å². The minimum absolute atomic E-state index is 0.0325. The Kier molecular flexibility index (Phi) is 5.90. The summed E-state index contributed by atoms with van der Waals surface area (Å²) in [6.45, 7) is 5.01. The van der Waals surface area contributed by atoms with E-state index in [4.69, 9.17) is 4.74 Å². The highest BCUT2D eigenvalue weighted by atomic mass is 16.5. The van der Waals surface area contributed by atoms with Crippen molar-refractivity contribution in [2.45, 2.75) is 57.9 Å². The lowest BCUT2D eigenvalue weighted by Gasteiger charge is -2.36. The van der Waals surface area contributed by atoms with E-state index in [1.165, 1.54) is 0 Å². The maximum atomic E-state index is 13.0. The minimum atomic E-state index is -0.0620.